The van der Waals surface area contributed by atoms with E-state index >= 15 is 0 Å². The van der Waals surface area contributed by atoms with E-state index in [2.05, 4.69) is 53.7 Å². The van der Waals surface area contributed by atoms with Gasteiger partial charge in [-0.3, -0.25) is 0 Å². The fraction of sp³-hybridized carbons (Fsp3) is 0.600. The van der Waals surface area contributed by atoms with Crippen molar-refractivity contribution in [2.45, 2.75) is 77.8 Å². The van der Waals surface area contributed by atoms with Crippen LogP contribution in [0.5, 0.6) is 0 Å². The van der Waals surface area contributed by atoms with E-state index in [-0.39, 0.29) is 0 Å². The topological polar surface area (TPSA) is 43.4 Å². The molecule has 1 aromatic carbocycles. The lowest BCUT2D eigenvalue weighted by Crippen LogP contribution is -2.53. The molecule has 0 aromatic heterocycles. The first-order valence-electron chi connectivity index (χ1n) is 9.84. The summed E-state index contributed by atoms with van der Waals surface area (Å²) in [6.07, 6.45) is 0. The zero-order chi connectivity index (χ0) is 18.8. The molecule has 0 N–H and O–H groups in total. The molecule has 0 saturated heterocycles. The highest BCUT2D eigenvalue weighted by Crippen LogP contribution is 2.30. The van der Waals surface area contributed by atoms with Crippen LogP contribution in [0.3, 0.4) is 0 Å². The molecule has 0 radical (unpaired) electrons. The summed E-state index contributed by atoms with van der Waals surface area (Å²) in [5.41, 5.74) is 1.26. The Hall–Kier alpha value is -1.21. The van der Waals surface area contributed by atoms with Crippen molar-refractivity contribution in [1.29, 1.82) is 0 Å². The van der Waals surface area contributed by atoms with Gasteiger partial charge in [0.2, 0.25) is 0 Å². The van der Waals surface area contributed by atoms with Crippen LogP contribution in [0.2, 0.25) is 36.3 Å². The van der Waals surface area contributed by atoms with Gasteiger partial charge in [-0.05, 0) is 10.4 Å². The minimum Gasteiger partial charge on any atom is -0.386 e. The number of hydrogen-bond donors (Lipinski definition) is 0. The van der Waals surface area contributed by atoms with Gasteiger partial charge in [0.1, 0.15) is 0 Å². The van der Waals surface area contributed by atoms with E-state index in [1.165, 1.54) is 0 Å². The van der Waals surface area contributed by atoms with Gasteiger partial charge in [-0.15, -0.1) is 0 Å². The van der Waals surface area contributed by atoms with E-state index in [1.807, 2.05) is 0 Å². The van der Waals surface area contributed by atoms with Crippen LogP contribution in [0.25, 0.3) is 0 Å². The minimum absolute atomic E-state index is 0.407. The largest absolute Gasteiger partial charge is 0.386 e. The van der Waals surface area contributed by atoms with Crippen LogP contribution < -0.4 is 10.4 Å². The number of fused-ring (bicyclic) bond motifs is 1. The van der Waals surface area contributed by atoms with E-state index in [1.54, 1.807) is 0 Å². The second-order valence-electron chi connectivity index (χ2n) is 7.27. The van der Waals surface area contributed by atoms with E-state index in [0.717, 1.165) is 46.6 Å². The Bertz CT molecular complexity index is 600. The molecular weight excluding hydrogens is 344 g/mol. The Morgan fingerprint density at radius 3 is 1.16 bits per heavy atom. The molecule has 3 nitrogen and oxygen atoms in total. The van der Waals surface area contributed by atoms with Gasteiger partial charge < -0.3 is 4.74 Å². The maximum absolute atomic E-state index is 12.6. The summed E-state index contributed by atoms with van der Waals surface area (Å²) < 4.78 is 5.14. The van der Waals surface area contributed by atoms with Crippen molar-refractivity contribution in [1.82, 2.24) is 0 Å². The van der Waals surface area contributed by atoms with Crippen LogP contribution in [0.4, 0.5) is 0 Å². The standard InChI is InChI=1S/C20H32O3Si2/c1-7-24(8-2,9-3)15-13-14-16(25(10-4,11-5)12-6)18-17(15)19(21)23-20(18)22/h13-14H,7-12H2,1-6H3. The highest BCUT2D eigenvalue weighted by molar-refractivity contribution is 6.94. The summed E-state index contributed by atoms with van der Waals surface area (Å²) in [4.78, 5) is 25.3. The van der Waals surface area contributed by atoms with E-state index in [9.17, 15) is 9.59 Å². The summed E-state index contributed by atoms with van der Waals surface area (Å²) in [5, 5.41) is 2.31. The van der Waals surface area contributed by atoms with Gasteiger partial charge in [0.15, 0.2) is 0 Å². The van der Waals surface area contributed by atoms with Crippen molar-refractivity contribution >= 4 is 38.5 Å². The maximum Gasteiger partial charge on any atom is 0.346 e. The monoisotopic (exact) mass is 376 g/mol. The van der Waals surface area contributed by atoms with Crippen LogP contribution >= 0.6 is 0 Å². The third-order valence-corrected chi connectivity index (χ3v) is 18.2. The summed E-state index contributed by atoms with van der Waals surface area (Å²) in [7, 11) is -3.54. The van der Waals surface area contributed by atoms with Crippen molar-refractivity contribution in [2.24, 2.45) is 0 Å². The lowest BCUT2D eigenvalue weighted by molar-refractivity contribution is 0.0444. The zero-order valence-electron chi connectivity index (χ0n) is 16.6. The van der Waals surface area contributed by atoms with Crippen LogP contribution in [0, 0.1) is 0 Å². The molecule has 0 saturated carbocycles. The van der Waals surface area contributed by atoms with Crippen LogP contribution in [-0.4, -0.2) is 28.1 Å². The molecule has 5 heteroatoms. The molecule has 0 aliphatic carbocycles. The second kappa shape index (κ2) is 7.58. The quantitative estimate of drug-likeness (QED) is 0.383. The Balaban J connectivity index is 2.84. The molecule has 1 heterocycles. The Labute approximate surface area is 154 Å². The van der Waals surface area contributed by atoms with Crippen molar-refractivity contribution in [2.75, 3.05) is 0 Å². The molecule has 1 aromatic rings. The fourth-order valence-corrected chi connectivity index (χ4v) is 12.4. The molecule has 138 valence electrons. The Morgan fingerprint density at radius 1 is 0.640 bits per heavy atom. The first-order chi connectivity index (χ1) is 11.9. The van der Waals surface area contributed by atoms with Crippen LogP contribution in [0.1, 0.15) is 62.3 Å². The van der Waals surface area contributed by atoms with Crippen molar-refractivity contribution in [3.8, 4) is 0 Å². The fourth-order valence-electron chi connectivity index (χ4n) is 4.74. The summed E-state index contributed by atoms with van der Waals surface area (Å²) in [5.74, 6) is -0.814. The van der Waals surface area contributed by atoms with Crippen molar-refractivity contribution in [3.63, 3.8) is 0 Å². The maximum atomic E-state index is 12.6. The highest BCUT2D eigenvalue weighted by atomic mass is 28.3. The number of rotatable bonds is 8. The SMILES string of the molecule is CC[Si](CC)(CC)c1ccc([Si](CC)(CC)CC)c2c1C(=O)OC2=O. The molecule has 1 aliphatic heterocycles. The van der Waals surface area contributed by atoms with Gasteiger partial charge in [-0.25, -0.2) is 9.59 Å². The molecule has 0 spiro atoms. The number of carbonyl (C=O) groups is 2. The van der Waals surface area contributed by atoms with Crippen LogP contribution in [0.15, 0.2) is 12.1 Å². The van der Waals surface area contributed by atoms with Gasteiger partial charge in [-0.1, -0.05) is 89.9 Å². The molecule has 2 rings (SSSR count). The predicted octanol–water partition coefficient (Wildman–Crippen LogP) is 4.43. The molecule has 0 bridgehead atoms. The number of hydrogen-bond acceptors (Lipinski definition) is 3. The smallest absolute Gasteiger partial charge is 0.346 e. The van der Waals surface area contributed by atoms with E-state index in [4.69, 9.17) is 4.74 Å². The highest BCUT2D eigenvalue weighted by Gasteiger charge is 2.44. The first kappa shape index (κ1) is 20.1. The van der Waals surface area contributed by atoms with Crippen molar-refractivity contribution < 1.29 is 14.3 Å². The first-order valence-corrected chi connectivity index (χ1v) is 15.1. The lowest BCUT2D eigenvalue weighted by Gasteiger charge is -2.33. The Kier molecular flexibility index (Phi) is 6.10. The average molecular weight is 377 g/mol. The zero-order valence-corrected chi connectivity index (χ0v) is 18.6. The van der Waals surface area contributed by atoms with Gasteiger partial charge in [-0.2, -0.15) is 0 Å². The second-order valence-corrected chi connectivity index (χ2v) is 17.7. The van der Waals surface area contributed by atoms with Gasteiger partial charge in [0.05, 0.1) is 27.3 Å². The number of ether oxygens (including phenoxy) is 1. The third-order valence-electron chi connectivity index (χ3n) is 7.00. The van der Waals surface area contributed by atoms with E-state index in [0.29, 0.717) is 11.1 Å². The summed E-state index contributed by atoms with van der Waals surface area (Å²) in [6, 6.07) is 10.9. The molecule has 0 unspecified atom stereocenters. The van der Waals surface area contributed by atoms with Crippen molar-refractivity contribution in [3.05, 3.63) is 23.3 Å². The average Bonchev–Trinajstić information content (AvgIpc) is 2.94. The van der Waals surface area contributed by atoms with Gasteiger partial charge in [0, 0.05) is 0 Å². The number of esters is 2. The van der Waals surface area contributed by atoms with Gasteiger partial charge in [0.25, 0.3) is 0 Å². The summed E-state index contributed by atoms with van der Waals surface area (Å²) >= 11 is 0. The molecular formula is C20H32O3Si2. The normalized spacial score (nSPS) is 14.6. The molecule has 0 atom stereocenters. The minimum atomic E-state index is -1.77. The van der Waals surface area contributed by atoms with E-state index < -0.39 is 28.1 Å². The molecule has 25 heavy (non-hydrogen) atoms. The predicted molar refractivity (Wildman–Crippen MR) is 110 cm³/mol. The molecule has 1 aliphatic rings. The summed E-state index contributed by atoms with van der Waals surface area (Å²) in [6.45, 7) is 13.4. The molecule has 0 amide bonds. The molecule has 0 fully saturated rings. The number of benzene rings is 1. The Morgan fingerprint density at radius 2 is 0.920 bits per heavy atom. The van der Waals surface area contributed by atoms with Gasteiger partial charge >= 0.3 is 11.9 Å². The lowest BCUT2D eigenvalue weighted by atomic mass is 10.1. The third kappa shape index (κ3) is 2.95. The number of cyclic esters (lactones) is 2. The number of carbonyl (C=O) groups excluding carboxylic acids is 2. The van der Waals surface area contributed by atoms with Crippen LogP contribution in [-0.2, 0) is 4.74 Å².